The largest absolute Gasteiger partial charge is 0.573 e. The van der Waals surface area contributed by atoms with Crippen molar-refractivity contribution in [3.8, 4) is 16.9 Å². The minimum absolute atomic E-state index is 0.0576. The monoisotopic (exact) mass is 353 g/mol. The van der Waals surface area contributed by atoms with E-state index in [2.05, 4.69) is 4.74 Å². The van der Waals surface area contributed by atoms with Crippen LogP contribution in [0.5, 0.6) is 5.75 Å². The maximum atomic E-state index is 12.3. The Labute approximate surface area is 143 Å². The number of nitrogens with two attached hydrogens (primary N) is 1. The molecular weight excluding hydrogens is 335 g/mol. The number of benzene rings is 2. The number of hydrogen-bond acceptors (Lipinski definition) is 4. The zero-order chi connectivity index (χ0) is 18.4. The average Bonchev–Trinajstić information content (AvgIpc) is 2.54. The summed E-state index contributed by atoms with van der Waals surface area (Å²) in [6, 6.07) is 12.1. The second-order valence-corrected chi connectivity index (χ2v) is 5.31. The summed E-state index contributed by atoms with van der Waals surface area (Å²) < 4.78 is 45.7. The van der Waals surface area contributed by atoms with Crippen LogP contribution in [0.15, 0.2) is 48.5 Å². The molecule has 25 heavy (non-hydrogen) atoms. The van der Waals surface area contributed by atoms with E-state index in [9.17, 15) is 18.0 Å². The molecule has 0 radical (unpaired) electrons. The molecule has 0 amide bonds. The minimum Gasteiger partial charge on any atom is -0.466 e. The summed E-state index contributed by atoms with van der Waals surface area (Å²) in [5.41, 5.74) is 7.98. The Kier molecular flexibility index (Phi) is 6.03. The molecule has 0 saturated carbocycles. The Bertz CT molecular complexity index is 714. The van der Waals surface area contributed by atoms with Gasteiger partial charge in [0.2, 0.25) is 0 Å². The quantitative estimate of drug-likeness (QED) is 0.791. The number of hydrogen-bond donors (Lipinski definition) is 1. The highest BCUT2D eigenvalue weighted by Crippen LogP contribution is 2.28. The van der Waals surface area contributed by atoms with Gasteiger partial charge in [-0.25, -0.2) is 0 Å². The molecule has 0 spiro atoms. The first-order valence-corrected chi connectivity index (χ1v) is 7.66. The Balaban J connectivity index is 2.12. The van der Waals surface area contributed by atoms with E-state index in [0.717, 1.165) is 5.56 Å². The first-order chi connectivity index (χ1) is 11.8. The molecule has 0 fully saturated rings. The molecular formula is C18H18F3NO3. The maximum absolute atomic E-state index is 12.3. The summed E-state index contributed by atoms with van der Waals surface area (Å²) >= 11 is 0. The molecule has 0 aliphatic carbocycles. The third-order valence-corrected chi connectivity index (χ3v) is 3.43. The van der Waals surface area contributed by atoms with E-state index < -0.39 is 12.4 Å². The van der Waals surface area contributed by atoms with E-state index in [4.69, 9.17) is 10.5 Å². The number of carbonyl (C=O) groups is 1. The highest BCUT2D eigenvalue weighted by Gasteiger charge is 2.31. The summed E-state index contributed by atoms with van der Waals surface area (Å²) in [7, 11) is 0. The smallest absolute Gasteiger partial charge is 0.466 e. The third-order valence-electron chi connectivity index (χ3n) is 3.43. The van der Waals surface area contributed by atoms with Crippen LogP contribution < -0.4 is 10.5 Å². The van der Waals surface area contributed by atoms with Crippen LogP contribution in [0.3, 0.4) is 0 Å². The number of halogens is 3. The Morgan fingerprint density at radius 2 is 1.80 bits per heavy atom. The lowest BCUT2D eigenvalue weighted by atomic mass is 9.99. The first-order valence-electron chi connectivity index (χ1n) is 7.66. The normalized spacial score (nSPS) is 12.5. The third kappa shape index (κ3) is 5.79. The molecule has 2 N–H and O–H groups in total. The standard InChI is InChI=1S/C18H18F3NO3/c1-2-24-17(23)11-16(22)13-8-6-12(7-9-13)14-4-3-5-15(10-14)25-18(19,20)21/h3-10,16H,2,11,22H2,1H3/t16-/m0/s1. The van der Waals surface area contributed by atoms with Crippen LogP contribution in [0.1, 0.15) is 24.9 Å². The zero-order valence-corrected chi connectivity index (χ0v) is 13.5. The van der Waals surface area contributed by atoms with E-state index in [0.29, 0.717) is 17.7 Å². The van der Waals surface area contributed by atoms with Crippen molar-refractivity contribution in [1.29, 1.82) is 0 Å². The van der Waals surface area contributed by atoms with Crippen LogP contribution in [0.2, 0.25) is 0 Å². The molecule has 4 nitrogen and oxygen atoms in total. The molecule has 2 rings (SSSR count). The second kappa shape index (κ2) is 8.02. The average molecular weight is 353 g/mol. The van der Waals surface area contributed by atoms with Gasteiger partial charge >= 0.3 is 12.3 Å². The SMILES string of the molecule is CCOC(=O)C[C@H](N)c1ccc(-c2cccc(OC(F)(F)F)c2)cc1. The molecule has 0 bridgehead atoms. The van der Waals surface area contributed by atoms with E-state index in [1.165, 1.54) is 18.2 Å². The summed E-state index contributed by atoms with van der Waals surface area (Å²) in [6.45, 7) is 2.01. The van der Waals surface area contributed by atoms with Crippen molar-refractivity contribution in [2.45, 2.75) is 25.7 Å². The topological polar surface area (TPSA) is 61.5 Å². The fraction of sp³-hybridized carbons (Fsp3) is 0.278. The fourth-order valence-electron chi connectivity index (χ4n) is 2.31. The van der Waals surface area contributed by atoms with Crippen LogP contribution in [0.4, 0.5) is 13.2 Å². The van der Waals surface area contributed by atoms with Gasteiger partial charge in [-0.1, -0.05) is 36.4 Å². The van der Waals surface area contributed by atoms with Crippen molar-refractivity contribution >= 4 is 5.97 Å². The highest BCUT2D eigenvalue weighted by molar-refractivity contribution is 5.70. The second-order valence-electron chi connectivity index (χ2n) is 5.31. The van der Waals surface area contributed by atoms with Crippen molar-refractivity contribution in [3.63, 3.8) is 0 Å². The van der Waals surface area contributed by atoms with Crippen LogP contribution in [-0.2, 0) is 9.53 Å². The molecule has 1 atom stereocenters. The van der Waals surface area contributed by atoms with Gasteiger partial charge in [0.15, 0.2) is 0 Å². The van der Waals surface area contributed by atoms with E-state index >= 15 is 0 Å². The van der Waals surface area contributed by atoms with Gasteiger partial charge in [-0.3, -0.25) is 4.79 Å². The van der Waals surface area contributed by atoms with E-state index in [-0.39, 0.29) is 18.1 Å². The van der Waals surface area contributed by atoms with Gasteiger partial charge in [0.05, 0.1) is 13.0 Å². The van der Waals surface area contributed by atoms with Crippen LogP contribution >= 0.6 is 0 Å². The molecule has 2 aromatic carbocycles. The molecule has 0 aliphatic rings. The molecule has 0 aromatic heterocycles. The van der Waals surface area contributed by atoms with Gasteiger partial charge in [0.1, 0.15) is 5.75 Å². The van der Waals surface area contributed by atoms with Crippen molar-refractivity contribution < 1.29 is 27.4 Å². The Hall–Kier alpha value is -2.54. The molecule has 0 saturated heterocycles. The summed E-state index contributed by atoms with van der Waals surface area (Å²) in [5.74, 6) is -0.663. The molecule has 0 aliphatic heterocycles. The van der Waals surface area contributed by atoms with Crippen LogP contribution in [-0.4, -0.2) is 18.9 Å². The van der Waals surface area contributed by atoms with E-state index in [1.54, 1.807) is 37.3 Å². The van der Waals surface area contributed by atoms with Crippen molar-refractivity contribution in [2.75, 3.05) is 6.61 Å². The molecule has 2 aromatic rings. The van der Waals surface area contributed by atoms with Gasteiger partial charge in [-0.15, -0.1) is 13.2 Å². The van der Waals surface area contributed by atoms with Crippen molar-refractivity contribution in [2.24, 2.45) is 5.73 Å². The lowest BCUT2D eigenvalue weighted by Gasteiger charge is -2.13. The van der Waals surface area contributed by atoms with Gasteiger partial charge in [0.25, 0.3) is 0 Å². The maximum Gasteiger partial charge on any atom is 0.573 e. The minimum atomic E-state index is -4.73. The van der Waals surface area contributed by atoms with Gasteiger partial charge < -0.3 is 15.2 Å². The summed E-state index contributed by atoms with van der Waals surface area (Å²) in [6.07, 6.45) is -4.68. The predicted octanol–water partition coefficient (Wildman–Crippen LogP) is 4.21. The van der Waals surface area contributed by atoms with Crippen molar-refractivity contribution in [3.05, 3.63) is 54.1 Å². The predicted molar refractivity (Wildman–Crippen MR) is 86.7 cm³/mol. The number of alkyl halides is 3. The Morgan fingerprint density at radius 3 is 2.40 bits per heavy atom. The number of esters is 1. The number of ether oxygens (including phenoxy) is 2. The lowest BCUT2D eigenvalue weighted by molar-refractivity contribution is -0.274. The molecule has 134 valence electrons. The Morgan fingerprint density at radius 1 is 1.12 bits per heavy atom. The molecule has 0 heterocycles. The lowest BCUT2D eigenvalue weighted by Crippen LogP contribution is -2.17. The van der Waals surface area contributed by atoms with Crippen LogP contribution in [0.25, 0.3) is 11.1 Å². The van der Waals surface area contributed by atoms with Gasteiger partial charge in [-0.05, 0) is 35.7 Å². The molecule has 7 heteroatoms. The molecule has 0 unspecified atom stereocenters. The summed E-state index contributed by atoms with van der Waals surface area (Å²) in [5, 5.41) is 0. The zero-order valence-electron chi connectivity index (χ0n) is 13.5. The summed E-state index contributed by atoms with van der Waals surface area (Å²) in [4.78, 5) is 11.5. The van der Waals surface area contributed by atoms with E-state index in [1.807, 2.05) is 0 Å². The van der Waals surface area contributed by atoms with Crippen molar-refractivity contribution in [1.82, 2.24) is 0 Å². The van der Waals surface area contributed by atoms with Gasteiger partial charge in [0, 0.05) is 6.04 Å². The first kappa shape index (κ1) is 18.8. The number of rotatable bonds is 6. The van der Waals surface area contributed by atoms with Gasteiger partial charge in [-0.2, -0.15) is 0 Å². The van der Waals surface area contributed by atoms with Crippen LogP contribution in [0, 0.1) is 0 Å². The fourth-order valence-corrected chi connectivity index (χ4v) is 2.31. The highest BCUT2D eigenvalue weighted by atomic mass is 19.4. The number of carbonyl (C=O) groups excluding carboxylic acids is 1.